The molecule has 1 aromatic heterocycles. The maximum atomic E-state index is 12.5. The minimum absolute atomic E-state index is 0.132. The fourth-order valence-corrected chi connectivity index (χ4v) is 2.53. The van der Waals surface area contributed by atoms with Crippen LogP contribution in [-0.4, -0.2) is 28.5 Å². The number of carbonyl (C=O) groups excluding carboxylic acids is 1. The zero-order chi connectivity index (χ0) is 19.2. The van der Waals surface area contributed by atoms with Gasteiger partial charge in [0.25, 0.3) is 11.5 Å². The maximum absolute atomic E-state index is 12.5. The Morgan fingerprint density at radius 2 is 2.04 bits per heavy atom. The summed E-state index contributed by atoms with van der Waals surface area (Å²) in [6, 6.07) is 14.1. The van der Waals surface area contributed by atoms with Crippen LogP contribution in [0.25, 0.3) is 10.8 Å². The van der Waals surface area contributed by atoms with Crippen molar-refractivity contribution in [2.24, 2.45) is 12.1 Å². The van der Waals surface area contributed by atoms with E-state index in [-0.39, 0.29) is 11.3 Å². The maximum Gasteiger partial charge on any atom is 0.292 e. The number of fused-ring (bicyclic) bond motifs is 1. The number of hydrazone groups is 1. The predicted octanol–water partition coefficient (Wildman–Crippen LogP) is 2.26. The molecule has 0 saturated carbocycles. The molecule has 0 fully saturated rings. The molecule has 2 aromatic carbocycles. The van der Waals surface area contributed by atoms with E-state index < -0.39 is 5.91 Å². The topological polar surface area (TPSA) is 85.6 Å². The van der Waals surface area contributed by atoms with E-state index in [0.717, 1.165) is 10.2 Å². The molecule has 7 nitrogen and oxygen atoms in total. The lowest BCUT2D eigenvalue weighted by Crippen LogP contribution is -2.27. The molecule has 0 saturated heterocycles. The van der Waals surface area contributed by atoms with Crippen molar-refractivity contribution in [2.75, 3.05) is 6.61 Å². The number of rotatable bonds is 6. The van der Waals surface area contributed by atoms with Crippen molar-refractivity contribution in [3.05, 3.63) is 82.8 Å². The number of aryl methyl sites for hydroxylation is 1. The first-order valence-corrected chi connectivity index (χ1v) is 8.23. The van der Waals surface area contributed by atoms with E-state index in [1.165, 1.54) is 13.3 Å². The van der Waals surface area contributed by atoms with Gasteiger partial charge in [-0.2, -0.15) is 10.2 Å². The second-order valence-corrected chi connectivity index (χ2v) is 5.69. The van der Waals surface area contributed by atoms with E-state index in [9.17, 15) is 9.59 Å². The van der Waals surface area contributed by atoms with Gasteiger partial charge in [0, 0.05) is 12.4 Å². The minimum Gasteiger partial charge on any atom is -0.490 e. The van der Waals surface area contributed by atoms with Crippen LogP contribution in [0.2, 0.25) is 0 Å². The lowest BCUT2D eigenvalue weighted by atomic mass is 10.1. The molecule has 0 bridgehead atoms. The van der Waals surface area contributed by atoms with Crippen LogP contribution in [0.3, 0.4) is 0 Å². The molecule has 0 aliphatic carbocycles. The van der Waals surface area contributed by atoms with Crippen LogP contribution in [0.15, 0.2) is 71.1 Å². The van der Waals surface area contributed by atoms with Crippen molar-refractivity contribution in [1.29, 1.82) is 0 Å². The highest BCUT2D eigenvalue weighted by Gasteiger charge is 2.14. The molecule has 7 heteroatoms. The molecule has 1 heterocycles. The second-order valence-electron chi connectivity index (χ2n) is 5.69. The number of nitrogens with zero attached hydrogens (tertiary/aromatic N) is 3. The first-order chi connectivity index (χ1) is 13.1. The van der Waals surface area contributed by atoms with Crippen LogP contribution in [0.5, 0.6) is 5.75 Å². The van der Waals surface area contributed by atoms with E-state index >= 15 is 0 Å². The normalized spacial score (nSPS) is 10.9. The highest BCUT2D eigenvalue weighted by atomic mass is 16.5. The van der Waals surface area contributed by atoms with E-state index in [4.69, 9.17) is 4.74 Å². The third-order valence-corrected chi connectivity index (χ3v) is 3.78. The van der Waals surface area contributed by atoms with Crippen LogP contribution in [0.4, 0.5) is 0 Å². The highest BCUT2D eigenvalue weighted by molar-refractivity contribution is 6.04. The summed E-state index contributed by atoms with van der Waals surface area (Å²) in [6.07, 6.45) is 3.16. The van der Waals surface area contributed by atoms with Gasteiger partial charge in [-0.3, -0.25) is 9.59 Å². The number of ether oxygens (including phenoxy) is 1. The third-order valence-electron chi connectivity index (χ3n) is 3.78. The fraction of sp³-hybridized carbons (Fsp3) is 0.100. The lowest BCUT2D eigenvalue weighted by molar-refractivity contribution is 0.0950. The Hall–Kier alpha value is -3.74. The van der Waals surface area contributed by atoms with Crippen LogP contribution in [-0.2, 0) is 7.05 Å². The van der Waals surface area contributed by atoms with Gasteiger partial charge in [-0.1, -0.05) is 43.0 Å². The Kier molecular flexibility index (Phi) is 5.41. The Morgan fingerprint density at radius 3 is 2.81 bits per heavy atom. The Bertz CT molecular complexity index is 1090. The second kappa shape index (κ2) is 8.09. The van der Waals surface area contributed by atoms with Gasteiger partial charge in [-0.15, -0.1) is 0 Å². The van der Waals surface area contributed by atoms with Crippen molar-refractivity contribution < 1.29 is 9.53 Å². The molecule has 3 rings (SSSR count). The number of benzene rings is 2. The van der Waals surface area contributed by atoms with Crippen molar-refractivity contribution in [3.8, 4) is 5.75 Å². The third kappa shape index (κ3) is 4.09. The smallest absolute Gasteiger partial charge is 0.292 e. The van der Waals surface area contributed by atoms with Gasteiger partial charge in [0.05, 0.1) is 11.6 Å². The van der Waals surface area contributed by atoms with Gasteiger partial charge in [-0.25, -0.2) is 10.1 Å². The average molecular weight is 362 g/mol. The molecular weight excluding hydrogens is 344 g/mol. The average Bonchev–Trinajstić information content (AvgIpc) is 2.69. The summed E-state index contributed by atoms with van der Waals surface area (Å²) in [5.41, 5.74) is 3.07. The Labute approximate surface area is 155 Å². The van der Waals surface area contributed by atoms with Gasteiger partial charge in [0.2, 0.25) is 0 Å². The molecule has 27 heavy (non-hydrogen) atoms. The molecule has 0 aliphatic heterocycles. The minimum atomic E-state index is -0.503. The van der Waals surface area contributed by atoms with Crippen LogP contribution in [0, 0.1) is 0 Å². The zero-order valence-electron chi connectivity index (χ0n) is 14.8. The molecule has 0 unspecified atom stereocenters. The number of amides is 1. The molecule has 0 spiro atoms. The first kappa shape index (κ1) is 18.1. The molecule has 1 amide bonds. The molecule has 3 aromatic rings. The van der Waals surface area contributed by atoms with E-state index in [1.807, 2.05) is 18.2 Å². The van der Waals surface area contributed by atoms with Crippen molar-refractivity contribution in [1.82, 2.24) is 15.2 Å². The van der Waals surface area contributed by atoms with Crippen molar-refractivity contribution >= 4 is 22.9 Å². The summed E-state index contributed by atoms with van der Waals surface area (Å²) < 4.78 is 6.60. The number of hydrogen-bond donors (Lipinski definition) is 1. The predicted molar refractivity (Wildman–Crippen MR) is 104 cm³/mol. The van der Waals surface area contributed by atoms with E-state index in [0.29, 0.717) is 23.1 Å². The quantitative estimate of drug-likeness (QED) is 0.414. The Balaban J connectivity index is 1.80. The first-order valence-electron chi connectivity index (χ1n) is 8.23. The van der Waals surface area contributed by atoms with Gasteiger partial charge >= 0.3 is 0 Å². The van der Waals surface area contributed by atoms with E-state index in [2.05, 4.69) is 22.2 Å². The molecule has 0 radical (unpaired) electrons. The summed E-state index contributed by atoms with van der Waals surface area (Å²) in [5, 5.41) is 8.94. The summed E-state index contributed by atoms with van der Waals surface area (Å²) >= 11 is 0. The number of hydrogen-bond acceptors (Lipinski definition) is 5. The molecule has 0 atom stereocenters. The lowest BCUT2D eigenvalue weighted by Gasteiger charge is -2.06. The number of carbonyl (C=O) groups is 1. The standard InChI is InChI=1S/C20H18N4O3/c1-3-11-27-15-8-6-7-14(12-15)13-21-22-19(25)18-16-9-4-5-10-17(16)20(26)24(2)23-18/h3-10,12-13H,1,11H2,2H3,(H,22,25)/b21-13-. The largest absolute Gasteiger partial charge is 0.490 e. The zero-order valence-corrected chi connectivity index (χ0v) is 14.8. The molecular formula is C20H18N4O3. The monoisotopic (exact) mass is 362 g/mol. The van der Waals surface area contributed by atoms with Crippen molar-refractivity contribution in [2.45, 2.75) is 0 Å². The van der Waals surface area contributed by atoms with Gasteiger partial charge < -0.3 is 4.74 Å². The molecule has 136 valence electrons. The van der Waals surface area contributed by atoms with E-state index in [1.54, 1.807) is 36.4 Å². The number of nitrogens with one attached hydrogen (secondary N) is 1. The summed E-state index contributed by atoms with van der Waals surface area (Å²) in [4.78, 5) is 24.6. The Morgan fingerprint density at radius 1 is 1.26 bits per heavy atom. The number of aromatic nitrogens is 2. The molecule has 0 aliphatic rings. The van der Waals surface area contributed by atoms with Gasteiger partial charge in [0.15, 0.2) is 5.69 Å². The molecule has 1 N–H and O–H groups in total. The summed E-state index contributed by atoms with van der Waals surface area (Å²) in [6.45, 7) is 4.01. The van der Waals surface area contributed by atoms with Crippen molar-refractivity contribution in [3.63, 3.8) is 0 Å². The summed E-state index contributed by atoms with van der Waals surface area (Å²) in [5.74, 6) is 0.174. The van der Waals surface area contributed by atoms with Crippen LogP contribution >= 0.6 is 0 Å². The van der Waals surface area contributed by atoms with Crippen LogP contribution < -0.4 is 15.7 Å². The van der Waals surface area contributed by atoms with Gasteiger partial charge in [0.1, 0.15) is 12.4 Å². The summed E-state index contributed by atoms with van der Waals surface area (Å²) in [7, 11) is 1.50. The fourth-order valence-electron chi connectivity index (χ4n) is 2.53. The van der Waals surface area contributed by atoms with Crippen LogP contribution in [0.1, 0.15) is 16.1 Å². The SMILES string of the molecule is C=CCOc1cccc(/C=N\NC(=O)c2nn(C)c(=O)c3ccccc23)c1. The highest BCUT2D eigenvalue weighted by Crippen LogP contribution is 2.13. The van der Waals surface area contributed by atoms with Gasteiger partial charge in [-0.05, 0) is 23.8 Å².